The zero-order valence-electron chi connectivity index (χ0n) is 10.2. The average Bonchev–Trinajstić information content (AvgIpc) is 2.38. The van der Waals surface area contributed by atoms with Crippen LogP contribution in [0.4, 0.5) is 4.39 Å². The van der Waals surface area contributed by atoms with Gasteiger partial charge in [0, 0.05) is 10.0 Å². The summed E-state index contributed by atoms with van der Waals surface area (Å²) in [5, 5.41) is 0. The molecule has 0 aliphatic carbocycles. The van der Waals surface area contributed by atoms with Crippen LogP contribution >= 0.6 is 15.9 Å². The fourth-order valence-corrected chi connectivity index (χ4v) is 2.23. The highest BCUT2D eigenvalue weighted by Gasteiger charge is 2.13. The van der Waals surface area contributed by atoms with Crippen LogP contribution in [0.5, 0.6) is 0 Å². The zero-order valence-corrected chi connectivity index (χ0v) is 11.7. The van der Waals surface area contributed by atoms with E-state index in [1.54, 1.807) is 12.1 Å². The van der Waals surface area contributed by atoms with E-state index in [2.05, 4.69) is 22.9 Å². The minimum atomic E-state index is -0.427. The fraction of sp³-hybridized carbons (Fsp3) is 0.200. The summed E-state index contributed by atoms with van der Waals surface area (Å²) in [7, 11) is 0. The Bertz CT molecular complexity index is 537. The Morgan fingerprint density at radius 2 is 1.83 bits per heavy atom. The van der Waals surface area contributed by atoms with Crippen LogP contribution in [0.3, 0.4) is 0 Å². The molecular weight excluding hydrogens is 293 g/mol. The van der Waals surface area contributed by atoms with Gasteiger partial charge in [-0.1, -0.05) is 53.2 Å². The van der Waals surface area contributed by atoms with Gasteiger partial charge in [-0.15, -0.1) is 0 Å². The molecule has 0 bridgehead atoms. The normalized spacial score (nSPS) is 12.4. The van der Waals surface area contributed by atoms with Gasteiger partial charge in [-0.25, -0.2) is 4.39 Å². The molecule has 0 saturated heterocycles. The third-order valence-electron chi connectivity index (χ3n) is 3.04. The third kappa shape index (κ3) is 2.79. The first kappa shape index (κ1) is 13.2. The van der Waals surface area contributed by atoms with Crippen LogP contribution < -0.4 is 5.73 Å². The number of nitrogens with two attached hydrogens (primary N) is 1. The van der Waals surface area contributed by atoms with Crippen molar-refractivity contribution in [3.8, 4) is 0 Å². The van der Waals surface area contributed by atoms with Crippen molar-refractivity contribution >= 4 is 15.9 Å². The average molecular weight is 308 g/mol. The summed E-state index contributed by atoms with van der Waals surface area (Å²) in [4.78, 5) is 0. The van der Waals surface area contributed by atoms with Gasteiger partial charge in [0.2, 0.25) is 0 Å². The highest BCUT2D eigenvalue weighted by atomic mass is 79.9. The molecule has 18 heavy (non-hydrogen) atoms. The first-order chi connectivity index (χ1) is 8.61. The maximum absolute atomic E-state index is 13.8. The van der Waals surface area contributed by atoms with Crippen molar-refractivity contribution in [3.63, 3.8) is 0 Å². The second kappa shape index (κ2) is 5.63. The highest BCUT2D eigenvalue weighted by Crippen LogP contribution is 2.24. The van der Waals surface area contributed by atoms with E-state index in [9.17, 15) is 4.39 Å². The molecule has 0 aromatic heterocycles. The zero-order chi connectivity index (χ0) is 13.1. The lowest BCUT2D eigenvalue weighted by Crippen LogP contribution is -2.13. The number of benzene rings is 2. The molecule has 2 aromatic carbocycles. The molecule has 1 atom stereocenters. The topological polar surface area (TPSA) is 26.0 Å². The smallest absolute Gasteiger partial charge is 0.129 e. The van der Waals surface area contributed by atoms with Gasteiger partial charge >= 0.3 is 0 Å². The molecule has 1 nitrogen and oxygen atoms in total. The van der Waals surface area contributed by atoms with E-state index in [0.29, 0.717) is 5.56 Å². The van der Waals surface area contributed by atoms with Gasteiger partial charge in [0.1, 0.15) is 5.82 Å². The molecule has 0 fully saturated rings. The lowest BCUT2D eigenvalue weighted by Gasteiger charge is -2.14. The van der Waals surface area contributed by atoms with Gasteiger partial charge in [-0.2, -0.15) is 0 Å². The third-order valence-corrected chi connectivity index (χ3v) is 3.54. The molecule has 0 saturated carbocycles. The minimum absolute atomic E-state index is 0.281. The maximum Gasteiger partial charge on any atom is 0.129 e. The molecular formula is C15H15BrFN. The maximum atomic E-state index is 13.8. The summed E-state index contributed by atoms with van der Waals surface area (Å²) in [5.74, 6) is -0.281. The second-order valence-corrected chi connectivity index (χ2v) is 5.15. The van der Waals surface area contributed by atoms with Crippen molar-refractivity contribution in [2.75, 3.05) is 0 Å². The van der Waals surface area contributed by atoms with Crippen molar-refractivity contribution in [1.29, 1.82) is 0 Å². The van der Waals surface area contributed by atoms with E-state index >= 15 is 0 Å². The minimum Gasteiger partial charge on any atom is -0.320 e. The van der Waals surface area contributed by atoms with E-state index < -0.39 is 6.04 Å². The molecule has 0 radical (unpaired) electrons. The SMILES string of the molecule is CCc1ccc(C(N)c2ccc(Br)cc2F)cc1. The van der Waals surface area contributed by atoms with E-state index in [0.717, 1.165) is 16.5 Å². The van der Waals surface area contributed by atoms with Gasteiger partial charge < -0.3 is 5.73 Å². The standard InChI is InChI=1S/C15H15BrFN/c1-2-10-3-5-11(6-4-10)15(18)13-8-7-12(16)9-14(13)17/h3-9,15H,2,18H2,1H3. The number of hydrogen-bond donors (Lipinski definition) is 1. The Hall–Kier alpha value is -1.19. The van der Waals surface area contributed by atoms with Crippen LogP contribution in [0.25, 0.3) is 0 Å². The Labute approximate surface area is 115 Å². The Balaban J connectivity index is 2.31. The molecule has 0 spiro atoms. The van der Waals surface area contributed by atoms with Gasteiger partial charge in [0.25, 0.3) is 0 Å². The molecule has 2 N–H and O–H groups in total. The van der Waals surface area contributed by atoms with Crippen molar-refractivity contribution in [3.05, 3.63) is 69.4 Å². The predicted octanol–water partition coefficient (Wildman–Crippen LogP) is 4.20. The molecule has 0 amide bonds. The number of hydrogen-bond acceptors (Lipinski definition) is 1. The second-order valence-electron chi connectivity index (χ2n) is 4.24. The van der Waals surface area contributed by atoms with Gasteiger partial charge in [-0.3, -0.25) is 0 Å². The van der Waals surface area contributed by atoms with Crippen LogP contribution in [-0.4, -0.2) is 0 Å². The largest absolute Gasteiger partial charge is 0.320 e. The van der Waals surface area contributed by atoms with Crippen molar-refractivity contribution in [1.82, 2.24) is 0 Å². The van der Waals surface area contributed by atoms with Crippen molar-refractivity contribution in [2.24, 2.45) is 5.73 Å². The van der Waals surface area contributed by atoms with E-state index in [1.807, 2.05) is 24.3 Å². The summed E-state index contributed by atoms with van der Waals surface area (Å²) in [5.41, 5.74) is 8.80. The molecule has 2 rings (SSSR count). The molecule has 0 heterocycles. The monoisotopic (exact) mass is 307 g/mol. The van der Waals surface area contributed by atoms with E-state index in [4.69, 9.17) is 5.73 Å². The Kier molecular flexibility index (Phi) is 4.15. The van der Waals surface area contributed by atoms with Crippen LogP contribution in [0.1, 0.15) is 29.7 Å². The van der Waals surface area contributed by atoms with Crippen LogP contribution in [0.15, 0.2) is 46.9 Å². The summed E-state index contributed by atoms with van der Waals surface area (Å²) >= 11 is 3.24. The Morgan fingerprint density at radius 1 is 1.17 bits per heavy atom. The number of aryl methyl sites for hydroxylation is 1. The van der Waals surface area contributed by atoms with Crippen LogP contribution in [-0.2, 0) is 6.42 Å². The van der Waals surface area contributed by atoms with Crippen molar-refractivity contribution < 1.29 is 4.39 Å². The fourth-order valence-electron chi connectivity index (χ4n) is 1.89. The predicted molar refractivity (Wildman–Crippen MR) is 76.0 cm³/mol. The summed E-state index contributed by atoms with van der Waals surface area (Å²) in [6, 6.07) is 12.5. The molecule has 2 aromatic rings. The molecule has 0 aliphatic heterocycles. The lowest BCUT2D eigenvalue weighted by atomic mass is 9.98. The van der Waals surface area contributed by atoms with Crippen LogP contribution in [0, 0.1) is 5.82 Å². The van der Waals surface area contributed by atoms with E-state index in [-0.39, 0.29) is 5.82 Å². The summed E-state index contributed by atoms with van der Waals surface area (Å²) in [6.45, 7) is 2.10. The molecule has 3 heteroatoms. The summed E-state index contributed by atoms with van der Waals surface area (Å²) < 4.78 is 14.5. The van der Waals surface area contributed by atoms with Crippen molar-refractivity contribution in [2.45, 2.75) is 19.4 Å². The van der Waals surface area contributed by atoms with Gasteiger partial charge in [-0.05, 0) is 29.7 Å². The molecule has 1 unspecified atom stereocenters. The first-order valence-corrected chi connectivity index (χ1v) is 6.70. The Morgan fingerprint density at radius 3 is 2.39 bits per heavy atom. The first-order valence-electron chi connectivity index (χ1n) is 5.91. The summed E-state index contributed by atoms with van der Waals surface area (Å²) in [6.07, 6.45) is 0.988. The van der Waals surface area contributed by atoms with Gasteiger partial charge in [0.15, 0.2) is 0 Å². The van der Waals surface area contributed by atoms with Crippen LogP contribution in [0.2, 0.25) is 0 Å². The highest BCUT2D eigenvalue weighted by molar-refractivity contribution is 9.10. The number of halogens is 2. The lowest BCUT2D eigenvalue weighted by molar-refractivity contribution is 0.599. The quantitative estimate of drug-likeness (QED) is 0.903. The molecule has 94 valence electrons. The van der Waals surface area contributed by atoms with Gasteiger partial charge in [0.05, 0.1) is 6.04 Å². The number of rotatable bonds is 3. The van der Waals surface area contributed by atoms with E-state index in [1.165, 1.54) is 11.6 Å². The molecule has 0 aliphatic rings.